The highest BCUT2D eigenvalue weighted by Gasteiger charge is 2.25. The lowest BCUT2D eigenvalue weighted by Gasteiger charge is -2.19. The lowest BCUT2D eigenvalue weighted by atomic mass is 9.87. The van der Waals surface area contributed by atoms with Gasteiger partial charge in [-0.25, -0.2) is 9.10 Å². The maximum Gasteiger partial charge on any atom is 0.425 e. The Morgan fingerprint density at radius 2 is 1.89 bits per heavy atom. The van der Waals surface area contributed by atoms with Crippen molar-refractivity contribution in [2.75, 3.05) is 7.05 Å². The van der Waals surface area contributed by atoms with Crippen LogP contribution in [-0.2, 0) is 11.8 Å². The van der Waals surface area contributed by atoms with Crippen LogP contribution in [0.4, 0.5) is 4.79 Å². The molecular weight excluding hydrogens is 378 g/mol. The average molecular weight is 404 g/mol. The molecule has 1 heterocycles. The molecule has 27 heavy (non-hydrogen) atoms. The smallest absolute Gasteiger partial charge is 0.425 e. The lowest BCUT2D eigenvalue weighted by Crippen LogP contribution is -2.22. The predicted molar refractivity (Wildman–Crippen MR) is 113 cm³/mol. The molecule has 0 saturated heterocycles. The van der Waals surface area contributed by atoms with Gasteiger partial charge in [0.1, 0.15) is 6.10 Å². The van der Waals surface area contributed by atoms with Crippen molar-refractivity contribution in [1.82, 2.24) is 4.31 Å². The Morgan fingerprint density at radius 1 is 1.19 bits per heavy atom. The Bertz CT molecular complexity index is 815. The molecule has 0 aromatic heterocycles. The van der Waals surface area contributed by atoms with Crippen LogP contribution in [0.25, 0.3) is 0 Å². The quantitative estimate of drug-likeness (QED) is 0.456. The van der Waals surface area contributed by atoms with Crippen molar-refractivity contribution in [3.63, 3.8) is 0 Å². The molecule has 0 saturated carbocycles. The van der Waals surface area contributed by atoms with Crippen LogP contribution in [0.3, 0.4) is 0 Å². The van der Waals surface area contributed by atoms with E-state index in [0.29, 0.717) is 11.5 Å². The summed E-state index contributed by atoms with van der Waals surface area (Å²) in [6, 6.07) is 14.1. The number of rotatable bonds is 4. The molecule has 0 radical (unpaired) electrons. The van der Waals surface area contributed by atoms with Gasteiger partial charge in [0.05, 0.1) is 0 Å². The molecule has 0 spiro atoms. The van der Waals surface area contributed by atoms with Crippen LogP contribution in [0, 0.1) is 0 Å². The molecule has 0 aliphatic carbocycles. The zero-order chi connectivity index (χ0) is 19.6. The summed E-state index contributed by atoms with van der Waals surface area (Å²) < 4.78 is 12.8. The summed E-state index contributed by atoms with van der Waals surface area (Å²) in [5.74, 6) is 1.16. The molecule has 0 fully saturated rings. The Labute approximate surface area is 169 Å². The van der Waals surface area contributed by atoms with Crippen LogP contribution in [0.1, 0.15) is 38.8 Å². The Balaban J connectivity index is 1.57. The van der Waals surface area contributed by atoms with Gasteiger partial charge in [-0.1, -0.05) is 45.0 Å². The topological polar surface area (TPSA) is 38.8 Å². The van der Waals surface area contributed by atoms with Crippen molar-refractivity contribution in [3.8, 4) is 11.5 Å². The van der Waals surface area contributed by atoms with Crippen LogP contribution in [0.15, 0.2) is 47.4 Å². The van der Waals surface area contributed by atoms with Crippen molar-refractivity contribution >= 4 is 27.9 Å². The number of amides is 1. The fraction of sp³-hybridized carbons (Fsp3) is 0.381. The van der Waals surface area contributed by atoms with E-state index in [4.69, 9.17) is 9.47 Å². The summed E-state index contributed by atoms with van der Waals surface area (Å²) in [4.78, 5) is 13.5. The molecule has 0 N–H and O–H groups in total. The van der Waals surface area contributed by atoms with Crippen molar-refractivity contribution in [3.05, 3.63) is 53.6 Å². The average Bonchev–Trinajstić information content (AvgIpc) is 3.00. The maximum atomic E-state index is 12.4. The minimum Gasteiger partial charge on any atom is -0.486 e. The summed E-state index contributed by atoms with van der Waals surface area (Å²) >= 11 is 0. The van der Waals surface area contributed by atoms with E-state index >= 15 is 0 Å². The van der Waals surface area contributed by atoms with E-state index in [-0.39, 0.29) is 11.5 Å². The summed E-state index contributed by atoms with van der Waals surface area (Å²) in [6.07, 6.45) is 0.528. The molecule has 1 aliphatic rings. The summed E-state index contributed by atoms with van der Waals surface area (Å²) in [5, 5.41) is 0. The second kappa shape index (κ2) is 8.07. The van der Waals surface area contributed by atoms with Gasteiger partial charge in [-0.2, -0.15) is 0 Å². The first-order valence-electron chi connectivity index (χ1n) is 8.93. The first kappa shape index (κ1) is 20.0. The third-order valence-electron chi connectivity index (χ3n) is 4.31. The fourth-order valence-corrected chi connectivity index (χ4v) is 4.44. The SMILES string of the molecule is CC1Cc2cccc(OC(=O)N(C)SSc3ccc(C(C)(C)C)cc3)c2O1. The van der Waals surface area contributed by atoms with Gasteiger partial charge in [0.2, 0.25) is 0 Å². The third kappa shape index (κ3) is 4.93. The van der Waals surface area contributed by atoms with Crippen LogP contribution >= 0.6 is 21.8 Å². The maximum absolute atomic E-state index is 12.4. The molecule has 1 amide bonds. The molecule has 6 heteroatoms. The van der Waals surface area contributed by atoms with Crippen LogP contribution in [0.2, 0.25) is 0 Å². The van der Waals surface area contributed by atoms with E-state index in [1.54, 1.807) is 13.1 Å². The van der Waals surface area contributed by atoms with Gasteiger partial charge in [-0.3, -0.25) is 0 Å². The van der Waals surface area contributed by atoms with Gasteiger partial charge in [0, 0.05) is 34.9 Å². The lowest BCUT2D eigenvalue weighted by molar-refractivity contribution is 0.182. The Hall–Kier alpha value is -1.79. The standard InChI is InChI=1S/C21H25NO3S2/c1-14-13-15-7-6-8-18(19(15)24-14)25-20(23)22(5)27-26-17-11-9-16(10-12-17)21(2,3)4/h6-12,14H,13H2,1-5H3. The highest BCUT2D eigenvalue weighted by Crippen LogP contribution is 2.39. The van der Waals surface area contributed by atoms with Crippen molar-refractivity contribution in [2.24, 2.45) is 0 Å². The van der Waals surface area contributed by atoms with Gasteiger partial charge in [0.15, 0.2) is 11.5 Å². The van der Waals surface area contributed by atoms with Gasteiger partial charge in [-0.15, -0.1) is 0 Å². The third-order valence-corrected chi connectivity index (χ3v) is 6.69. The van der Waals surface area contributed by atoms with Gasteiger partial charge < -0.3 is 9.47 Å². The first-order valence-corrected chi connectivity index (χ1v) is 11.0. The van der Waals surface area contributed by atoms with E-state index in [2.05, 4.69) is 45.0 Å². The van der Waals surface area contributed by atoms with Gasteiger partial charge in [0.25, 0.3) is 0 Å². The number of hydrogen-bond acceptors (Lipinski definition) is 5. The van der Waals surface area contributed by atoms with Crippen LogP contribution < -0.4 is 9.47 Å². The van der Waals surface area contributed by atoms with E-state index in [1.807, 2.05) is 19.1 Å². The number of carbonyl (C=O) groups is 1. The molecule has 2 aromatic rings. The molecular formula is C21H25NO3S2. The zero-order valence-corrected chi connectivity index (χ0v) is 17.9. The van der Waals surface area contributed by atoms with Crippen molar-refractivity contribution < 1.29 is 14.3 Å². The molecule has 1 unspecified atom stereocenters. The number of carbonyl (C=O) groups excluding carboxylic acids is 1. The van der Waals surface area contributed by atoms with Crippen molar-refractivity contribution in [1.29, 1.82) is 0 Å². The minimum absolute atomic E-state index is 0.110. The normalized spacial score (nSPS) is 15.8. The Kier molecular flexibility index (Phi) is 5.96. The number of ether oxygens (including phenoxy) is 2. The molecule has 1 atom stereocenters. The van der Waals surface area contributed by atoms with Gasteiger partial charge >= 0.3 is 6.09 Å². The van der Waals surface area contributed by atoms with Crippen molar-refractivity contribution in [2.45, 2.75) is 50.5 Å². The molecule has 0 bridgehead atoms. The molecule has 3 rings (SSSR count). The van der Waals surface area contributed by atoms with E-state index in [9.17, 15) is 4.79 Å². The highest BCUT2D eigenvalue weighted by molar-refractivity contribution is 8.75. The minimum atomic E-state index is -0.421. The second-order valence-corrected chi connectivity index (χ2v) is 9.96. The largest absolute Gasteiger partial charge is 0.486 e. The predicted octanol–water partition coefficient (Wildman–Crippen LogP) is 6.09. The number of benzene rings is 2. The summed E-state index contributed by atoms with van der Waals surface area (Å²) in [7, 11) is 4.57. The van der Waals surface area contributed by atoms with E-state index in [1.165, 1.54) is 31.6 Å². The number of fused-ring (bicyclic) bond motifs is 1. The van der Waals surface area contributed by atoms with Crippen LogP contribution in [0.5, 0.6) is 11.5 Å². The number of nitrogens with zero attached hydrogens (tertiary/aromatic N) is 1. The monoisotopic (exact) mass is 403 g/mol. The van der Waals surface area contributed by atoms with E-state index in [0.717, 1.165) is 16.9 Å². The fourth-order valence-electron chi connectivity index (χ4n) is 2.79. The molecule has 4 nitrogen and oxygen atoms in total. The van der Waals surface area contributed by atoms with E-state index < -0.39 is 6.09 Å². The van der Waals surface area contributed by atoms with Gasteiger partial charge in [-0.05, 0) is 46.9 Å². The molecule has 1 aliphatic heterocycles. The summed E-state index contributed by atoms with van der Waals surface area (Å²) in [6.45, 7) is 8.59. The number of hydrogen-bond donors (Lipinski definition) is 0. The van der Waals surface area contributed by atoms with Crippen LogP contribution in [-0.4, -0.2) is 23.6 Å². The molecule has 144 valence electrons. The molecule has 2 aromatic carbocycles. The number of para-hydroxylation sites is 1. The highest BCUT2D eigenvalue weighted by atomic mass is 33.1. The first-order chi connectivity index (χ1) is 12.7. The summed E-state index contributed by atoms with van der Waals surface area (Å²) in [5.41, 5.74) is 2.50. The Morgan fingerprint density at radius 3 is 2.56 bits per heavy atom. The second-order valence-electron chi connectivity index (χ2n) is 7.67. The zero-order valence-electron chi connectivity index (χ0n) is 16.3.